The maximum Gasteiger partial charge on any atom is 0.346 e. The number of benzene rings is 2. The van der Waals surface area contributed by atoms with E-state index < -0.39 is 23.9 Å². The molecule has 0 aliphatic carbocycles. The van der Waals surface area contributed by atoms with E-state index in [1.54, 1.807) is 36.4 Å². The Kier molecular flexibility index (Phi) is 6.41. The van der Waals surface area contributed by atoms with E-state index in [2.05, 4.69) is 21.4 Å². The van der Waals surface area contributed by atoms with Gasteiger partial charge in [-0.25, -0.2) is 9.80 Å². The van der Waals surface area contributed by atoms with Crippen LogP contribution in [0.2, 0.25) is 0 Å². The van der Waals surface area contributed by atoms with Gasteiger partial charge in [-0.15, -0.1) is 0 Å². The number of anilines is 1. The van der Waals surface area contributed by atoms with Gasteiger partial charge in [-0.2, -0.15) is 0 Å². The van der Waals surface area contributed by atoms with Crippen LogP contribution >= 0.6 is 15.9 Å². The van der Waals surface area contributed by atoms with Crippen LogP contribution in [-0.2, 0) is 19.1 Å². The first kappa shape index (κ1) is 21.4. The molecule has 0 unspecified atom stereocenters. The normalized spacial score (nSPS) is 15.7. The number of hydrogen-bond donors (Lipinski definition) is 1. The second-order valence-electron chi connectivity index (χ2n) is 6.28. The molecule has 156 valence electrons. The lowest BCUT2D eigenvalue weighted by molar-refractivity contribution is -0.148. The van der Waals surface area contributed by atoms with E-state index in [1.807, 2.05) is 6.07 Å². The second-order valence-corrected chi connectivity index (χ2v) is 7.20. The monoisotopic (exact) mass is 474 g/mol. The number of ether oxygens (including phenoxy) is 3. The first-order valence-electron chi connectivity index (χ1n) is 8.90. The van der Waals surface area contributed by atoms with E-state index in [9.17, 15) is 14.4 Å². The Morgan fingerprint density at radius 2 is 1.87 bits per heavy atom. The van der Waals surface area contributed by atoms with Crippen LogP contribution in [-0.4, -0.2) is 38.1 Å². The molecule has 0 spiro atoms. The van der Waals surface area contributed by atoms with Crippen molar-refractivity contribution < 1.29 is 28.6 Å². The van der Waals surface area contributed by atoms with Gasteiger partial charge in [0.05, 0.1) is 19.9 Å². The Morgan fingerprint density at radius 1 is 1.17 bits per heavy atom. The van der Waals surface area contributed by atoms with Gasteiger partial charge in [-0.1, -0.05) is 34.1 Å². The maximum absolute atomic E-state index is 12.9. The van der Waals surface area contributed by atoms with Crippen molar-refractivity contribution in [3.05, 3.63) is 58.1 Å². The van der Waals surface area contributed by atoms with Crippen LogP contribution < -0.4 is 19.9 Å². The highest BCUT2D eigenvalue weighted by Gasteiger charge is 2.35. The summed E-state index contributed by atoms with van der Waals surface area (Å²) in [5.41, 5.74) is 3.36. The van der Waals surface area contributed by atoms with Crippen molar-refractivity contribution in [2.45, 2.75) is 13.0 Å². The summed E-state index contributed by atoms with van der Waals surface area (Å²) in [5.74, 6) is -1.14. The first-order valence-corrected chi connectivity index (χ1v) is 9.69. The minimum absolute atomic E-state index is 0.0884. The molecule has 0 aromatic heterocycles. The van der Waals surface area contributed by atoms with Gasteiger partial charge in [0.15, 0.2) is 17.6 Å². The molecule has 2 aromatic carbocycles. The number of carbonyl (C=O) groups excluding carboxylic acids is 3. The summed E-state index contributed by atoms with van der Waals surface area (Å²) < 4.78 is 16.4. The van der Waals surface area contributed by atoms with Gasteiger partial charge >= 0.3 is 5.97 Å². The van der Waals surface area contributed by atoms with Crippen molar-refractivity contribution in [3.63, 3.8) is 0 Å². The van der Waals surface area contributed by atoms with E-state index >= 15 is 0 Å². The lowest BCUT2D eigenvalue weighted by atomic mass is 10.1. The standard InChI is InChI=1S/C21H19BrN2O6/c1-12(21(27)29-3)30-18-13(9-14(22)11-17(18)28-2)10-16-19(25)23-24(20(16)26)15-7-5-4-6-8-15/h4-12H,1-3H3,(H,23,25)/b16-10-/t12-/m1/s1. The number of hydrogen-bond acceptors (Lipinski definition) is 6. The molecule has 2 aromatic rings. The van der Waals surface area contributed by atoms with Crippen LogP contribution in [0.15, 0.2) is 52.5 Å². The SMILES string of the molecule is COC(=O)[C@@H](C)Oc1c(/C=C2/C(=O)NN(c3ccccc3)C2=O)cc(Br)cc1OC. The maximum atomic E-state index is 12.9. The molecule has 1 N–H and O–H groups in total. The average Bonchev–Trinajstić information content (AvgIpc) is 3.03. The Hall–Kier alpha value is -3.33. The summed E-state index contributed by atoms with van der Waals surface area (Å²) in [5, 5.41) is 1.17. The number of carbonyl (C=O) groups is 3. The van der Waals surface area contributed by atoms with Crippen molar-refractivity contribution in [1.82, 2.24) is 5.43 Å². The van der Waals surface area contributed by atoms with E-state index in [0.717, 1.165) is 0 Å². The summed E-state index contributed by atoms with van der Waals surface area (Å²) in [6.07, 6.45) is 0.462. The molecule has 2 amide bonds. The largest absolute Gasteiger partial charge is 0.493 e. The molecular weight excluding hydrogens is 456 g/mol. The molecule has 1 atom stereocenters. The molecule has 0 saturated carbocycles. The van der Waals surface area contributed by atoms with E-state index in [-0.39, 0.29) is 11.3 Å². The van der Waals surface area contributed by atoms with Gasteiger partial charge < -0.3 is 14.2 Å². The van der Waals surface area contributed by atoms with Gasteiger partial charge in [0.1, 0.15) is 5.57 Å². The second kappa shape index (κ2) is 9.00. The molecule has 0 bridgehead atoms. The number of esters is 1. The van der Waals surface area contributed by atoms with Crippen molar-refractivity contribution in [2.24, 2.45) is 0 Å². The van der Waals surface area contributed by atoms with Crippen LogP contribution in [0.25, 0.3) is 6.08 Å². The zero-order chi connectivity index (χ0) is 21.8. The molecule has 9 heteroatoms. The number of halogens is 1. The highest BCUT2D eigenvalue weighted by Crippen LogP contribution is 2.37. The Morgan fingerprint density at radius 3 is 2.50 bits per heavy atom. The molecular formula is C21H19BrN2O6. The Bertz CT molecular complexity index is 1020. The molecule has 8 nitrogen and oxygen atoms in total. The number of rotatable bonds is 6. The summed E-state index contributed by atoms with van der Waals surface area (Å²) in [7, 11) is 2.70. The van der Waals surface area contributed by atoms with Crippen molar-refractivity contribution in [3.8, 4) is 11.5 Å². The van der Waals surface area contributed by atoms with Crippen molar-refractivity contribution in [1.29, 1.82) is 0 Å². The smallest absolute Gasteiger partial charge is 0.346 e. The third-order valence-electron chi connectivity index (χ3n) is 4.30. The minimum atomic E-state index is -0.934. The summed E-state index contributed by atoms with van der Waals surface area (Å²) in [6.45, 7) is 1.52. The number of para-hydroxylation sites is 1. The summed E-state index contributed by atoms with van der Waals surface area (Å²) in [4.78, 5) is 37.2. The van der Waals surface area contributed by atoms with Gasteiger partial charge in [-0.3, -0.25) is 15.0 Å². The van der Waals surface area contributed by atoms with Crippen LogP contribution in [0.4, 0.5) is 5.69 Å². The molecule has 1 saturated heterocycles. The zero-order valence-electron chi connectivity index (χ0n) is 16.5. The number of nitrogens with one attached hydrogen (secondary N) is 1. The minimum Gasteiger partial charge on any atom is -0.493 e. The van der Waals surface area contributed by atoms with E-state index in [0.29, 0.717) is 21.5 Å². The van der Waals surface area contributed by atoms with Crippen LogP contribution in [0, 0.1) is 0 Å². The predicted octanol–water partition coefficient (Wildman–Crippen LogP) is 2.86. The average molecular weight is 475 g/mol. The Labute approximate surface area is 181 Å². The summed E-state index contributed by atoms with van der Waals surface area (Å²) >= 11 is 3.37. The molecule has 3 rings (SSSR count). The first-order chi connectivity index (χ1) is 14.3. The van der Waals surface area contributed by atoms with Gasteiger partial charge in [0.2, 0.25) is 0 Å². The third-order valence-corrected chi connectivity index (χ3v) is 4.76. The number of hydrazine groups is 1. The van der Waals surface area contributed by atoms with E-state index in [1.165, 1.54) is 32.2 Å². The fourth-order valence-corrected chi connectivity index (χ4v) is 3.29. The zero-order valence-corrected chi connectivity index (χ0v) is 18.1. The van der Waals surface area contributed by atoms with Crippen LogP contribution in [0.3, 0.4) is 0 Å². The molecule has 1 aliphatic rings. The molecule has 1 aliphatic heterocycles. The van der Waals surface area contributed by atoms with Gasteiger partial charge in [-0.05, 0) is 37.3 Å². The molecule has 30 heavy (non-hydrogen) atoms. The molecule has 1 fully saturated rings. The fraction of sp³-hybridized carbons (Fsp3) is 0.190. The highest BCUT2D eigenvalue weighted by atomic mass is 79.9. The predicted molar refractivity (Wildman–Crippen MR) is 113 cm³/mol. The van der Waals surface area contributed by atoms with Crippen molar-refractivity contribution in [2.75, 3.05) is 19.2 Å². The topological polar surface area (TPSA) is 94.2 Å². The number of nitrogens with zero attached hydrogens (tertiary/aromatic N) is 1. The van der Waals surface area contributed by atoms with Gasteiger partial charge in [0, 0.05) is 10.0 Å². The van der Waals surface area contributed by atoms with Gasteiger partial charge in [0.25, 0.3) is 11.8 Å². The fourth-order valence-electron chi connectivity index (χ4n) is 2.84. The quantitative estimate of drug-likeness (QED) is 0.393. The third kappa shape index (κ3) is 4.30. The van der Waals surface area contributed by atoms with Crippen molar-refractivity contribution >= 4 is 45.5 Å². The lowest BCUT2D eigenvalue weighted by Gasteiger charge is -2.18. The molecule has 0 radical (unpaired) electrons. The lowest BCUT2D eigenvalue weighted by Crippen LogP contribution is -2.35. The highest BCUT2D eigenvalue weighted by molar-refractivity contribution is 9.10. The number of methoxy groups -OCH3 is 2. The molecule has 1 heterocycles. The number of amides is 2. The Balaban J connectivity index is 2.03. The summed E-state index contributed by atoms with van der Waals surface area (Å²) in [6, 6.07) is 12.0. The van der Waals surface area contributed by atoms with Crippen LogP contribution in [0.5, 0.6) is 11.5 Å². The van der Waals surface area contributed by atoms with E-state index in [4.69, 9.17) is 14.2 Å². The van der Waals surface area contributed by atoms with Crippen LogP contribution in [0.1, 0.15) is 12.5 Å².